The number of aryl methyl sites for hydroxylation is 3. The highest BCUT2D eigenvalue weighted by molar-refractivity contribution is 9.11. The summed E-state index contributed by atoms with van der Waals surface area (Å²) >= 11 is 14.7. The third kappa shape index (κ3) is 19.3. The van der Waals surface area contributed by atoms with Gasteiger partial charge in [-0.1, -0.05) is 40.0 Å². The maximum atomic E-state index is 12.4. The van der Waals surface area contributed by atoms with E-state index >= 15 is 0 Å². The number of nitrogens with zero attached hydrogens (tertiary/aromatic N) is 1. The second-order valence-electron chi connectivity index (χ2n) is 14.7. The van der Waals surface area contributed by atoms with Crippen LogP contribution in [0, 0.1) is 6.57 Å². The Balaban J connectivity index is 0.000000258. The van der Waals surface area contributed by atoms with Gasteiger partial charge in [0.25, 0.3) is 0 Å². The third-order valence-electron chi connectivity index (χ3n) is 9.76. The first kappa shape index (κ1) is 64.4. The average Bonchev–Trinajstić information content (AvgIpc) is 4.28. The van der Waals surface area contributed by atoms with Crippen LogP contribution >= 0.6 is 85.7 Å². The summed E-state index contributed by atoms with van der Waals surface area (Å²) in [4.78, 5) is 52.5. The fourth-order valence-electron chi connectivity index (χ4n) is 5.75. The number of thiophene rings is 4. The van der Waals surface area contributed by atoms with Gasteiger partial charge >= 0.3 is 23.9 Å². The van der Waals surface area contributed by atoms with Crippen LogP contribution in [0.1, 0.15) is 84.3 Å². The monoisotopic (exact) mass is 1240 g/mol. The van der Waals surface area contributed by atoms with Gasteiger partial charge in [0.2, 0.25) is 24.7 Å². The van der Waals surface area contributed by atoms with Gasteiger partial charge in [0.1, 0.15) is 8.42 Å². The van der Waals surface area contributed by atoms with Gasteiger partial charge < -0.3 is 19.7 Å². The molecule has 76 heavy (non-hydrogen) atoms. The first-order chi connectivity index (χ1) is 35.7. The number of carbonyl (C=O) groups excluding carboxylic acids is 2. The number of thiol groups is 1. The van der Waals surface area contributed by atoms with E-state index in [9.17, 15) is 36.0 Å². The van der Waals surface area contributed by atoms with Crippen molar-refractivity contribution in [3.8, 4) is 0 Å². The fourth-order valence-corrected chi connectivity index (χ4v) is 14.5. The second-order valence-corrected chi connectivity index (χ2v) is 26.9. The molecule has 4 aromatic heterocycles. The van der Waals surface area contributed by atoms with E-state index in [0.29, 0.717) is 15.3 Å². The smallest absolute Gasteiger partial charge is 0.337 e. The Kier molecular flexibility index (Phi) is 26.6. The number of ether oxygens (including phenoxy) is 2. The molecule has 8 rings (SSSR count). The lowest BCUT2D eigenvalue weighted by atomic mass is 10.2. The minimum Gasteiger partial charge on any atom is -0.478 e. The highest BCUT2D eigenvalue weighted by Crippen LogP contribution is 2.34. The fraction of sp³-hybridized carbons (Fsp3) is 0.167. The number of hydrogen-bond donors (Lipinski definition) is 3. The zero-order valence-electron chi connectivity index (χ0n) is 40.6. The lowest BCUT2D eigenvalue weighted by Crippen LogP contribution is -2.03. The number of rotatable bonds is 13. The molecule has 0 saturated heterocycles. The SMILES string of the molecule is C.CCc1ccc(S(=O)(=O)c2ccc(C(=O)O)cc2)s1.CCc1ccc(S(=O)(=O)c2ccc(C(=O)OC)cc2)s1.CCc1ccc(Sc2ccc(C(=O)OC)cc2)s1.O=C(O)c1ccc(S)cc1.[C-]#[N+]c1ccc(Br)s1. The van der Waals surface area contributed by atoms with Crippen LogP contribution in [0.3, 0.4) is 0 Å². The molecule has 13 nitrogen and oxygen atoms in total. The lowest BCUT2D eigenvalue weighted by molar-refractivity contribution is 0.0592. The quantitative estimate of drug-likeness (QED) is 0.0560. The van der Waals surface area contributed by atoms with Crippen molar-refractivity contribution in [2.45, 2.75) is 79.7 Å². The summed E-state index contributed by atoms with van der Waals surface area (Å²) in [6, 6.07) is 39.6. The molecule has 0 amide bonds. The summed E-state index contributed by atoms with van der Waals surface area (Å²) in [5.41, 5.74) is 1.27. The first-order valence-corrected chi connectivity index (χ1v) is 30.3. The van der Waals surface area contributed by atoms with Crippen LogP contribution in [0.5, 0.6) is 0 Å². The van der Waals surface area contributed by atoms with E-state index in [0.717, 1.165) is 47.6 Å². The van der Waals surface area contributed by atoms with Crippen molar-refractivity contribution < 1.29 is 55.7 Å². The van der Waals surface area contributed by atoms with Gasteiger partial charge in [-0.2, -0.15) is 0 Å². The number of methoxy groups -OCH3 is 2. The minimum atomic E-state index is -3.55. The Hall–Kier alpha value is -5.87. The predicted molar refractivity (Wildman–Crippen MR) is 311 cm³/mol. The summed E-state index contributed by atoms with van der Waals surface area (Å²) in [6.45, 7) is 12.7. The van der Waals surface area contributed by atoms with Crippen molar-refractivity contribution in [3.63, 3.8) is 0 Å². The Labute approximate surface area is 477 Å². The van der Waals surface area contributed by atoms with Crippen LogP contribution in [0.25, 0.3) is 4.85 Å². The van der Waals surface area contributed by atoms with E-state index < -0.39 is 37.6 Å². The minimum absolute atomic E-state index is 0. The van der Waals surface area contributed by atoms with Crippen molar-refractivity contribution in [1.82, 2.24) is 0 Å². The van der Waals surface area contributed by atoms with Gasteiger partial charge in [-0.3, -0.25) is 0 Å². The summed E-state index contributed by atoms with van der Waals surface area (Å²) in [5, 5.41) is 18.0. The van der Waals surface area contributed by atoms with Gasteiger partial charge in [0.15, 0.2) is 0 Å². The van der Waals surface area contributed by atoms with E-state index in [1.54, 1.807) is 60.3 Å². The van der Waals surface area contributed by atoms with E-state index in [2.05, 4.69) is 61.9 Å². The maximum absolute atomic E-state index is 12.4. The molecule has 0 radical (unpaired) electrons. The molecule has 4 heterocycles. The van der Waals surface area contributed by atoms with Crippen LogP contribution in [0.4, 0.5) is 5.00 Å². The van der Waals surface area contributed by atoms with Crippen molar-refractivity contribution >= 4 is 134 Å². The molecule has 0 atom stereocenters. The predicted octanol–water partition coefficient (Wildman–Crippen LogP) is 15.4. The highest BCUT2D eigenvalue weighted by atomic mass is 79.9. The van der Waals surface area contributed by atoms with Crippen molar-refractivity contribution in [2.75, 3.05) is 14.2 Å². The number of carbonyl (C=O) groups is 4. The van der Waals surface area contributed by atoms with Crippen molar-refractivity contribution in [3.05, 3.63) is 198 Å². The molecule has 0 bridgehead atoms. The van der Waals surface area contributed by atoms with E-state index in [1.165, 1.54) is 118 Å². The average molecular weight is 1240 g/mol. The first-order valence-electron chi connectivity index (χ1n) is 22.0. The second kappa shape index (κ2) is 31.4. The number of sulfone groups is 2. The number of benzene rings is 4. The largest absolute Gasteiger partial charge is 0.478 e. The summed E-state index contributed by atoms with van der Waals surface area (Å²) in [5.74, 6) is -2.77. The third-order valence-corrected chi connectivity index (χ3v) is 20.9. The number of carboxylic acids is 2. The summed E-state index contributed by atoms with van der Waals surface area (Å²) < 4.78 is 61.6. The normalized spacial score (nSPS) is 10.4. The standard InChI is InChI=1S/C14H14O4S2.C14H14O2S2.C13H12O4S2.C7H6O2S.C5H2BrNS.CH4/c1-3-11-6-9-13(19-11)20(16,17)12-7-4-10(5-8-12)14(15)18-2;1-3-11-8-9-13(17-11)18-12-6-4-10(5-7-12)14(15)16-2;1-2-10-5-8-12(18-10)19(16,17)11-6-3-9(4-7-11)13(14)15;8-7(9)5-1-3-6(10)4-2-5;1-7-5-3-2-4(6)8-5;/h4-9H,3H2,1-2H3;4-9H,3H2,1-2H3;3-8H,2H2,1H3,(H,14,15);1-4,10H,(H,8,9);2-3H;1H4. The Morgan fingerprint density at radius 2 is 0.934 bits per heavy atom. The maximum Gasteiger partial charge on any atom is 0.337 e. The summed E-state index contributed by atoms with van der Waals surface area (Å²) in [6.07, 6.45) is 2.67. The number of hydrogen-bond acceptors (Lipinski definition) is 16. The van der Waals surface area contributed by atoms with E-state index in [-0.39, 0.29) is 38.5 Å². The van der Waals surface area contributed by atoms with Crippen molar-refractivity contribution in [2.24, 2.45) is 0 Å². The van der Waals surface area contributed by atoms with Crippen LogP contribution in [-0.4, -0.2) is 65.1 Å². The van der Waals surface area contributed by atoms with Gasteiger partial charge in [0, 0.05) is 24.4 Å². The Morgan fingerprint density at radius 3 is 1.26 bits per heavy atom. The molecule has 8 aromatic rings. The van der Waals surface area contributed by atoms with Crippen LogP contribution in [0.2, 0.25) is 0 Å². The Morgan fingerprint density at radius 1 is 0.553 bits per heavy atom. The Bertz CT molecular complexity index is 3430. The van der Waals surface area contributed by atoms with Gasteiger partial charge in [-0.25, -0.2) is 40.9 Å². The zero-order valence-corrected chi connectivity index (χ0v) is 48.8. The molecule has 400 valence electrons. The molecule has 0 aliphatic carbocycles. The molecular weight excluding hydrogens is 1190 g/mol. The van der Waals surface area contributed by atoms with Gasteiger partial charge in [-0.15, -0.1) is 58.0 Å². The summed E-state index contributed by atoms with van der Waals surface area (Å²) in [7, 11) is -4.38. The van der Waals surface area contributed by atoms with E-state index in [1.807, 2.05) is 49.4 Å². The molecule has 4 aromatic carbocycles. The van der Waals surface area contributed by atoms with Gasteiger partial charge in [-0.05, 0) is 181 Å². The number of aromatic carboxylic acids is 2. The molecule has 0 saturated carbocycles. The molecule has 0 spiro atoms. The molecule has 2 N–H and O–H groups in total. The van der Waals surface area contributed by atoms with Gasteiger partial charge in [0.05, 0.1) is 60.8 Å². The molecular formula is C54H52BrNO12S8. The molecule has 22 heteroatoms. The van der Waals surface area contributed by atoms with Crippen LogP contribution in [0.15, 0.2) is 182 Å². The lowest BCUT2D eigenvalue weighted by Gasteiger charge is -2.03. The topological polar surface area (TPSA) is 200 Å². The molecule has 0 aliphatic rings. The molecule has 0 unspecified atom stereocenters. The van der Waals surface area contributed by atoms with Crippen molar-refractivity contribution in [1.29, 1.82) is 0 Å². The number of esters is 2. The van der Waals surface area contributed by atoms with E-state index in [4.69, 9.17) is 16.8 Å². The number of halogens is 1. The van der Waals surface area contributed by atoms with Crippen LogP contribution in [-0.2, 0) is 48.4 Å². The number of carboxylic acid groups (broad SMARTS) is 2. The zero-order chi connectivity index (χ0) is 55.3. The molecule has 0 aliphatic heterocycles. The highest BCUT2D eigenvalue weighted by Gasteiger charge is 2.22. The van der Waals surface area contributed by atoms with Crippen LogP contribution < -0.4 is 0 Å². The molecule has 0 fully saturated rings.